The van der Waals surface area contributed by atoms with Crippen molar-refractivity contribution in [1.82, 2.24) is 0 Å². The van der Waals surface area contributed by atoms with Crippen molar-refractivity contribution in [3.8, 4) is 0 Å². The summed E-state index contributed by atoms with van der Waals surface area (Å²) in [6.45, 7) is 12.7. The second-order valence-corrected chi connectivity index (χ2v) is 21.1. The molecule has 9 aliphatic rings. The molecule has 4 aliphatic carbocycles. The number of hydrogen-bond donors (Lipinski definition) is 8. The SMILES string of the molecule is C[C@@H]1CC[C@@]2(OC1)O[C@H]1C[C@@H]3[C@@H]4CC=C5C[C@@H](O[C@@H]6O[C@H](CO)[C@@H](OC7O[C@@H](C)[C@H](O)[C@@H](O)[C@H]7O)[C@H](O)[C@H]6O[C@@H]6O[C@@H](C)[C@H](O)[C@@H](O)[C@H]6O)CC[C@]5(C)[C@H]4CC[C@]3(C)[C@H]1[C@@H]2C. The van der Waals surface area contributed by atoms with Crippen LogP contribution in [0.5, 0.6) is 0 Å². The molecule has 5 saturated heterocycles. The summed E-state index contributed by atoms with van der Waals surface area (Å²) in [5.41, 5.74) is 1.53. The first-order valence-electron chi connectivity index (χ1n) is 23.2. The van der Waals surface area contributed by atoms with Gasteiger partial charge in [-0.05, 0) is 106 Å². The monoisotopic (exact) mass is 868 g/mol. The predicted molar refractivity (Wildman–Crippen MR) is 213 cm³/mol. The second-order valence-electron chi connectivity index (χ2n) is 21.1. The molecule has 1 unspecified atom stereocenters. The van der Waals surface area contributed by atoms with E-state index in [9.17, 15) is 40.9 Å². The third-order valence-corrected chi connectivity index (χ3v) is 17.6. The first-order valence-corrected chi connectivity index (χ1v) is 23.2. The van der Waals surface area contributed by atoms with Gasteiger partial charge < -0.3 is 78.7 Å². The lowest BCUT2D eigenvalue weighted by molar-refractivity contribution is -0.388. The van der Waals surface area contributed by atoms with Gasteiger partial charge in [-0.15, -0.1) is 0 Å². The molecule has 9 rings (SSSR count). The first kappa shape index (κ1) is 45.3. The van der Waals surface area contributed by atoms with Gasteiger partial charge in [-0.2, -0.15) is 0 Å². The van der Waals surface area contributed by atoms with Gasteiger partial charge in [0.25, 0.3) is 0 Å². The van der Waals surface area contributed by atoms with Crippen molar-refractivity contribution < 1.29 is 78.7 Å². The van der Waals surface area contributed by atoms with Gasteiger partial charge in [-0.3, -0.25) is 0 Å². The average Bonchev–Trinajstić information content (AvgIpc) is 3.69. The fourth-order valence-corrected chi connectivity index (χ4v) is 14.0. The highest BCUT2D eigenvalue weighted by molar-refractivity contribution is 5.26. The Labute approximate surface area is 358 Å². The Hall–Kier alpha value is -0.900. The van der Waals surface area contributed by atoms with Gasteiger partial charge >= 0.3 is 0 Å². The molecule has 0 amide bonds. The molecule has 3 saturated carbocycles. The van der Waals surface area contributed by atoms with Gasteiger partial charge in [0, 0.05) is 12.3 Å². The molecule has 8 N–H and O–H groups in total. The van der Waals surface area contributed by atoms with E-state index in [0.29, 0.717) is 48.3 Å². The fourth-order valence-electron chi connectivity index (χ4n) is 14.0. The lowest BCUT2D eigenvalue weighted by atomic mass is 9.47. The number of fused-ring (bicyclic) bond motifs is 7. The van der Waals surface area contributed by atoms with Crippen LogP contribution in [0.3, 0.4) is 0 Å². The average molecular weight is 869 g/mol. The summed E-state index contributed by atoms with van der Waals surface area (Å²) >= 11 is 0. The predicted octanol–water partition coefficient (Wildman–Crippen LogP) is 1.24. The summed E-state index contributed by atoms with van der Waals surface area (Å²) in [5.74, 6) is 2.64. The van der Waals surface area contributed by atoms with Crippen LogP contribution in [-0.2, 0) is 37.9 Å². The fraction of sp³-hybridized carbons (Fsp3) is 0.956. The summed E-state index contributed by atoms with van der Waals surface area (Å²) in [4.78, 5) is 0. The van der Waals surface area contributed by atoms with Crippen molar-refractivity contribution in [2.75, 3.05) is 13.2 Å². The van der Waals surface area contributed by atoms with Crippen LogP contribution < -0.4 is 0 Å². The summed E-state index contributed by atoms with van der Waals surface area (Å²) in [5, 5.41) is 85.9. The molecule has 348 valence electrons. The number of aliphatic hydroxyl groups is 8. The number of ether oxygens (including phenoxy) is 8. The molecule has 16 heteroatoms. The van der Waals surface area contributed by atoms with E-state index in [0.717, 1.165) is 45.1 Å². The number of allylic oxidation sites excluding steroid dienone is 1. The van der Waals surface area contributed by atoms with E-state index in [1.54, 1.807) is 0 Å². The van der Waals surface area contributed by atoms with Gasteiger partial charge in [0.05, 0.1) is 37.6 Å². The minimum Gasteiger partial charge on any atom is -0.394 e. The Morgan fingerprint density at radius 2 is 1.34 bits per heavy atom. The first-order chi connectivity index (χ1) is 28.9. The van der Waals surface area contributed by atoms with Crippen molar-refractivity contribution >= 4 is 0 Å². The normalized spacial score (nSPS) is 58.4. The van der Waals surface area contributed by atoms with Crippen molar-refractivity contribution in [3.05, 3.63) is 11.6 Å². The summed E-state index contributed by atoms with van der Waals surface area (Å²) in [7, 11) is 0. The van der Waals surface area contributed by atoms with Crippen LogP contribution in [0.25, 0.3) is 0 Å². The Balaban J connectivity index is 0.916. The van der Waals surface area contributed by atoms with Gasteiger partial charge in [-0.25, -0.2) is 0 Å². The number of aliphatic hydroxyl groups excluding tert-OH is 8. The quantitative estimate of drug-likeness (QED) is 0.168. The second kappa shape index (κ2) is 16.8. The number of hydrogen-bond acceptors (Lipinski definition) is 16. The van der Waals surface area contributed by atoms with Gasteiger partial charge in [-0.1, -0.05) is 39.3 Å². The van der Waals surface area contributed by atoms with Crippen LogP contribution in [0.1, 0.15) is 99.3 Å². The van der Waals surface area contributed by atoms with Crippen LogP contribution in [0.2, 0.25) is 0 Å². The molecule has 5 aliphatic heterocycles. The molecule has 8 fully saturated rings. The highest BCUT2D eigenvalue weighted by Crippen LogP contribution is 2.70. The van der Waals surface area contributed by atoms with Crippen molar-refractivity contribution in [3.63, 3.8) is 0 Å². The molecule has 0 radical (unpaired) electrons. The summed E-state index contributed by atoms with van der Waals surface area (Å²) in [6.07, 6.45) is -10.4. The van der Waals surface area contributed by atoms with Gasteiger partial charge in [0.2, 0.25) is 0 Å². The third-order valence-electron chi connectivity index (χ3n) is 17.6. The molecule has 0 aromatic carbocycles. The molecule has 1 spiro atoms. The maximum Gasteiger partial charge on any atom is 0.187 e. The zero-order valence-electron chi connectivity index (χ0n) is 36.5. The number of rotatable bonds is 7. The van der Waals surface area contributed by atoms with Crippen molar-refractivity contribution in [2.24, 2.45) is 46.3 Å². The zero-order valence-corrected chi connectivity index (χ0v) is 36.5. The molecule has 5 heterocycles. The minimum absolute atomic E-state index is 0.0171. The van der Waals surface area contributed by atoms with E-state index in [2.05, 4.69) is 33.8 Å². The zero-order chi connectivity index (χ0) is 43.5. The minimum atomic E-state index is -1.71. The van der Waals surface area contributed by atoms with Crippen LogP contribution in [0, 0.1) is 46.3 Å². The van der Waals surface area contributed by atoms with Gasteiger partial charge in [0.1, 0.15) is 61.0 Å². The topological polar surface area (TPSA) is 236 Å². The molecule has 0 aromatic heterocycles. The van der Waals surface area contributed by atoms with Crippen molar-refractivity contribution in [1.29, 1.82) is 0 Å². The van der Waals surface area contributed by atoms with E-state index in [1.165, 1.54) is 25.8 Å². The lowest BCUT2D eigenvalue weighted by Crippen LogP contribution is -2.66. The van der Waals surface area contributed by atoms with Crippen LogP contribution >= 0.6 is 0 Å². The molecule has 26 atom stereocenters. The van der Waals surface area contributed by atoms with E-state index >= 15 is 0 Å². The standard InChI is InChI=1S/C45H72O16/c1-19-9-14-45(54-18-19)20(2)30-28(61-45)16-27-25-8-7-23-15-24(10-12-43(23,5)26(25)11-13-44(27,30)6)57-42-39(60-41-36(52)34(50)32(48)22(4)56-41)37(53)38(29(17-46)58-42)59-40-35(51)33(49)31(47)21(3)55-40/h7,19-22,24-42,46-53H,8-18H2,1-6H3/t19-,20+,21+,22+,24+,25-,26+,27-,28+,29-,30+,31+,32+,33-,34-,35-,36-,37+,38-,39-,40?,41+,42-,43+,44+,45-/m1/s1. The van der Waals surface area contributed by atoms with Crippen molar-refractivity contribution in [2.45, 2.75) is 209 Å². The van der Waals surface area contributed by atoms with E-state index < -0.39 is 105 Å². The largest absolute Gasteiger partial charge is 0.394 e. The molecular weight excluding hydrogens is 796 g/mol. The van der Waals surface area contributed by atoms with E-state index in [4.69, 9.17) is 37.9 Å². The molecule has 0 aromatic rings. The maximum atomic E-state index is 12.0. The summed E-state index contributed by atoms with van der Waals surface area (Å²) < 4.78 is 50.1. The summed E-state index contributed by atoms with van der Waals surface area (Å²) in [6, 6.07) is 0. The smallest absolute Gasteiger partial charge is 0.187 e. The third kappa shape index (κ3) is 7.42. The van der Waals surface area contributed by atoms with Crippen LogP contribution in [0.4, 0.5) is 0 Å². The van der Waals surface area contributed by atoms with Gasteiger partial charge in [0.15, 0.2) is 24.7 Å². The van der Waals surface area contributed by atoms with Crippen LogP contribution in [-0.4, -0.2) is 164 Å². The Morgan fingerprint density at radius 1 is 0.689 bits per heavy atom. The Morgan fingerprint density at radius 3 is 1.97 bits per heavy atom. The van der Waals surface area contributed by atoms with Crippen LogP contribution in [0.15, 0.2) is 11.6 Å². The van der Waals surface area contributed by atoms with E-state index in [-0.39, 0.29) is 23.0 Å². The molecule has 16 nitrogen and oxygen atoms in total. The molecule has 61 heavy (non-hydrogen) atoms. The van der Waals surface area contributed by atoms with E-state index in [1.807, 2.05) is 0 Å². The Kier molecular flexibility index (Phi) is 12.4. The maximum absolute atomic E-state index is 12.0. The molecular formula is C45H72O16. The highest BCUT2D eigenvalue weighted by atomic mass is 16.8. The molecule has 0 bridgehead atoms. The lowest BCUT2D eigenvalue weighted by Gasteiger charge is -2.58. The highest BCUT2D eigenvalue weighted by Gasteiger charge is 2.69. The Bertz CT molecular complexity index is 1590.